The van der Waals surface area contributed by atoms with E-state index in [9.17, 15) is 4.79 Å². The van der Waals surface area contributed by atoms with Crippen molar-refractivity contribution in [2.75, 3.05) is 6.61 Å². The summed E-state index contributed by atoms with van der Waals surface area (Å²) >= 11 is 12.4. The minimum absolute atomic E-state index is 0.356. The predicted octanol–water partition coefficient (Wildman–Crippen LogP) is 7.18. The number of imidazole rings is 1. The number of ether oxygens (including phenoxy) is 1. The lowest BCUT2D eigenvalue weighted by Crippen LogP contribution is -2.09. The molecule has 4 aromatic rings. The molecule has 0 saturated carbocycles. The van der Waals surface area contributed by atoms with Gasteiger partial charge in [0, 0.05) is 23.3 Å². The molecular formula is C27H22Cl2N2O3. The van der Waals surface area contributed by atoms with Crippen LogP contribution < -0.4 is 4.74 Å². The number of carbonyl (C=O) groups is 1. The van der Waals surface area contributed by atoms with Gasteiger partial charge in [-0.3, -0.25) is 0 Å². The van der Waals surface area contributed by atoms with E-state index in [1.54, 1.807) is 24.3 Å². The van der Waals surface area contributed by atoms with Gasteiger partial charge in [0.25, 0.3) is 0 Å². The predicted molar refractivity (Wildman–Crippen MR) is 137 cm³/mol. The van der Waals surface area contributed by atoms with E-state index in [4.69, 9.17) is 38.0 Å². The van der Waals surface area contributed by atoms with E-state index < -0.39 is 5.97 Å². The Hall–Kier alpha value is -3.54. The molecule has 0 aliphatic rings. The summed E-state index contributed by atoms with van der Waals surface area (Å²) in [6, 6.07) is 20.9. The molecule has 3 aromatic carbocycles. The van der Waals surface area contributed by atoms with Gasteiger partial charge in [0.15, 0.2) is 6.61 Å². The van der Waals surface area contributed by atoms with Crippen molar-refractivity contribution in [1.82, 2.24) is 9.55 Å². The van der Waals surface area contributed by atoms with Gasteiger partial charge in [-0.25, -0.2) is 9.78 Å². The third-order valence-electron chi connectivity index (χ3n) is 5.24. The Morgan fingerprint density at radius 1 is 1.00 bits per heavy atom. The minimum atomic E-state index is -1.00. The molecule has 0 amide bonds. The van der Waals surface area contributed by atoms with Crippen LogP contribution in [0.2, 0.25) is 10.0 Å². The molecule has 4 rings (SSSR count). The van der Waals surface area contributed by atoms with Gasteiger partial charge in [0.05, 0.1) is 10.7 Å². The first-order valence-electron chi connectivity index (χ1n) is 10.7. The van der Waals surface area contributed by atoms with Crippen LogP contribution in [0.3, 0.4) is 0 Å². The second kappa shape index (κ2) is 10.6. The van der Waals surface area contributed by atoms with Crippen LogP contribution in [0.5, 0.6) is 5.75 Å². The van der Waals surface area contributed by atoms with Gasteiger partial charge >= 0.3 is 5.97 Å². The number of aryl methyl sites for hydroxylation is 1. The van der Waals surface area contributed by atoms with Crippen molar-refractivity contribution < 1.29 is 14.6 Å². The molecule has 1 N–H and O–H groups in total. The first kappa shape index (κ1) is 23.6. The molecule has 172 valence electrons. The molecule has 0 bridgehead atoms. The summed E-state index contributed by atoms with van der Waals surface area (Å²) in [5.41, 5.74) is 4.76. The van der Waals surface area contributed by atoms with Crippen LogP contribution in [0, 0.1) is 0 Å². The van der Waals surface area contributed by atoms with Crippen LogP contribution in [0.4, 0.5) is 0 Å². The zero-order valence-electron chi connectivity index (χ0n) is 18.4. The number of halogens is 2. The van der Waals surface area contributed by atoms with Gasteiger partial charge in [0.2, 0.25) is 0 Å². The Morgan fingerprint density at radius 3 is 2.29 bits per heavy atom. The maximum absolute atomic E-state index is 10.6. The van der Waals surface area contributed by atoms with Crippen molar-refractivity contribution in [1.29, 1.82) is 0 Å². The number of hydrogen-bond acceptors (Lipinski definition) is 3. The van der Waals surface area contributed by atoms with E-state index in [-0.39, 0.29) is 6.61 Å². The molecule has 0 aliphatic heterocycles. The maximum atomic E-state index is 10.6. The fourth-order valence-corrected chi connectivity index (χ4v) is 3.99. The van der Waals surface area contributed by atoms with Crippen molar-refractivity contribution in [3.05, 3.63) is 94.4 Å². The SMILES string of the molecule is CCn1cc(-c2ccc(Cl)cc2Cl)nc1/C=C/c1ccc(-c2ccc(OCC(=O)O)cc2)cc1. The summed E-state index contributed by atoms with van der Waals surface area (Å²) in [7, 11) is 0. The second-order valence-corrected chi connectivity index (χ2v) is 8.40. The van der Waals surface area contributed by atoms with Gasteiger partial charge in [-0.1, -0.05) is 65.7 Å². The monoisotopic (exact) mass is 492 g/mol. The molecule has 1 heterocycles. The lowest BCUT2D eigenvalue weighted by Gasteiger charge is -2.06. The molecule has 0 atom stereocenters. The Bertz CT molecular complexity index is 1330. The molecule has 1 aromatic heterocycles. The van der Waals surface area contributed by atoms with E-state index in [1.165, 1.54) is 0 Å². The molecule has 0 fully saturated rings. The lowest BCUT2D eigenvalue weighted by molar-refractivity contribution is -0.139. The Balaban J connectivity index is 1.49. The number of aromatic nitrogens is 2. The Kier molecular flexibility index (Phi) is 7.36. The van der Waals surface area contributed by atoms with Crippen LogP contribution in [-0.4, -0.2) is 27.2 Å². The first-order valence-corrected chi connectivity index (χ1v) is 11.4. The van der Waals surface area contributed by atoms with Crippen molar-refractivity contribution >= 4 is 41.3 Å². The molecule has 0 saturated heterocycles. The zero-order valence-corrected chi connectivity index (χ0v) is 19.9. The summed E-state index contributed by atoms with van der Waals surface area (Å²) in [6.07, 6.45) is 6.00. The fraction of sp³-hybridized carbons (Fsp3) is 0.111. The lowest BCUT2D eigenvalue weighted by atomic mass is 10.0. The van der Waals surface area contributed by atoms with Gasteiger partial charge in [-0.15, -0.1) is 0 Å². The highest BCUT2D eigenvalue weighted by Gasteiger charge is 2.10. The van der Waals surface area contributed by atoms with Crippen molar-refractivity contribution in [3.63, 3.8) is 0 Å². The third-order valence-corrected chi connectivity index (χ3v) is 5.79. The molecular weight excluding hydrogens is 471 g/mol. The third kappa shape index (κ3) is 5.68. The molecule has 0 spiro atoms. The van der Waals surface area contributed by atoms with E-state index >= 15 is 0 Å². The number of rotatable bonds is 8. The van der Waals surface area contributed by atoms with E-state index in [1.807, 2.05) is 60.8 Å². The Labute approximate surface area is 207 Å². The molecule has 34 heavy (non-hydrogen) atoms. The minimum Gasteiger partial charge on any atom is -0.482 e. The van der Waals surface area contributed by atoms with E-state index in [2.05, 4.69) is 11.5 Å². The fourth-order valence-electron chi connectivity index (χ4n) is 3.49. The standard InChI is InChI=1S/C27H22Cl2N2O3/c1-2-31-16-25(23-13-10-21(28)15-24(23)29)30-26(31)14-5-18-3-6-19(7-4-18)20-8-11-22(12-9-20)34-17-27(32)33/h3-16H,2,17H2,1H3,(H,32,33)/b14-5+. The van der Waals surface area contributed by atoms with Gasteiger partial charge in [-0.2, -0.15) is 0 Å². The highest BCUT2D eigenvalue weighted by atomic mass is 35.5. The number of carboxylic acids is 1. The van der Waals surface area contributed by atoms with Crippen LogP contribution in [0.15, 0.2) is 72.9 Å². The number of benzene rings is 3. The molecule has 0 aliphatic carbocycles. The summed E-state index contributed by atoms with van der Waals surface area (Å²) in [5, 5.41) is 9.87. The van der Waals surface area contributed by atoms with Crippen molar-refractivity contribution in [3.8, 4) is 28.1 Å². The van der Waals surface area contributed by atoms with Crippen LogP contribution in [0.25, 0.3) is 34.5 Å². The Morgan fingerprint density at radius 2 is 1.68 bits per heavy atom. The normalized spacial score (nSPS) is 11.1. The zero-order chi connectivity index (χ0) is 24.1. The first-order chi connectivity index (χ1) is 16.4. The van der Waals surface area contributed by atoms with E-state index in [0.29, 0.717) is 15.8 Å². The molecule has 7 heteroatoms. The molecule has 0 radical (unpaired) electrons. The van der Waals surface area contributed by atoms with Gasteiger partial charge < -0.3 is 14.4 Å². The number of hydrogen-bond donors (Lipinski definition) is 1. The number of aliphatic carboxylic acids is 1. The molecule has 5 nitrogen and oxygen atoms in total. The highest BCUT2D eigenvalue weighted by Crippen LogP contribution is 2.30. The summed E-state index contributed by atoms with van der Waals surface area (Å²) in [5.74, 6) is 0.361. The molecule has 0 unspecified atom stereocenters. The summed E-state index contributed by atoms with van der Waals surface area (Å²) in [6.45, 7) is 2.49. The number of nitrogens with zero attached hydrogens (tertiary/aromatic N) is 2. The average molecular weight is 493 g/mol. The topological polar surface area (TPSA) is 64.4 Å². The van der Waals surface area contributed by atoms with Gasteiger partial charge in [0.1, 0.15) is 11.6 Å². The second-order valence-electron chi connectivity index (χ2n) is 7.56. The largest absolute Gasteiger partial charge is 0.482 e. The number of carboxylic acid groups (broad SMARTS) is 1. The van der Waals surface area contributed by atoms with Gasteiger partial charge in [-0.05, 0) is 60.0 Å². The highest BCUT2D eigenvalue weighted by molar-refractivity contribution is 6.36. The van der Waals surface area contributed by atoms with Crippen LogP contribution >= 0.6 is 23.2 Å². The van der Waals surface area contributed by atoms with E-state index in [0.717, 1.165) is 40.3 Å². The summed E-state index contributed by atoms with van der Waals surface area (Å²) in [4.78, 5) is 15.4. The van der Waals surface area contributed by atoms with Crippen molar-refractivity contribution in [2.24, 2.45) is 0 Å². The smallest absolute Gasteiger partial charge is 0.341 e. The van der Waals surface area contributed by atoms with Crippen LogP contribution in [0.1, 0.15) is 18.3 Å². The quantitative estimate of drug-likeness (QED) is 0.283. The van der Waals surface area contributed by atoms with Crippen LogP contribution in [-0.2, 0) is 11.3 Å². The summed E-state index contributed by atoms with van der Waals surface area (Å²) < 4.78 is 7.25. The average Bonchev–Trinajstić information content (AvgIpc) is 3.25. The maximum Gasteiger partial charge on any atom is 0.341 e. The van der Waals surface area contributed by atoms with Crippen molar-refractivity contribution in [2.45, 2.75) is 13.5 Å².